The number of hydrogen-bond acceptors (Lipinski definition) is 5. The van der Waals surface area contributed by atoms with Crippen LogP contribution in [0.2, 0.25) is 0 Å². The van der Waals surface area contributed by atoms with Crippen molar-refractivity contribution in [2.24, 2.45) is 0 Å². The number of esters is 1. The van der Waals surface area contributed by atoms with Gasteiger partial charge in [0.1, 0.15) is 0 Å². The summed E-state index contributed by atoms with van der Waals surface area (Å²) in [7, 11) is -3.04. The van der Waals surface area contributed by atoms with Crippen molar-refractivity contribution in [3.05, 3.63) is 0 Å². The number of methoxy groups -OCH3 is 2. The lowest BCUT2D eigenvalue weighted by Crippen LogP contribution is -2.44. The molecule has 0 saturated heterocycles. The van der Waals surface area contributed by atoms with Crippen LogP contribution in [0.4, 0.5) is 0 Å². The third-order valence-corrected chi connectivity index (χ3v) is 2.85. The first-order chi connectivity index (χ1) is 6.71. The van der Waals surface area contributed by atoms with Crippen molar-refractivity contribution >= 4 is 13.6 Å². The second-order valence-electron chi connectivity index (χ2n) is 2.99. The van der Waals surface area contributed by atoms with Gasteiger partial charge in [-0.2, -0.15) is 0 Å². The van der Waals surface area contributed by atoms with Gasteiger partial charge in [-0.25, -0.2) is 4.79 Å². The maximum Gasteiger partial charge on any atom is 0.397 e. The molecule has 0 aliphatic carbocycles. The molecule has 0 aliphatic rings. The van der Waals surface area contributed by atoms with Crippen LogP contribution >= 0.6 is 7.60 Å². The Morgan fingerprint density at radius 2 is 1.67 bits per heavy atom. The Labute approximate surface area is 87.5 Å². The van der Waals surface area contributed by atoms with E-state index in [2.05, 4.69) is 14.2 Å². The van der Waals surface area contributed by atoms with Crippen molar-refractivity contribution in [2.75, 3.05) is 14.2 Å². The fraction of sp³-hybridized carbons (Fsp3) is 0.857. The highest BCUT2D eigenvalue weighted by Gasteiger charge is 2.57. The van der Waals surface area contributed by atoms with Crippen LogP contribution in [0.3, 0.4) is 0 Å². The number of carbonyl (C=O) groups excluding carboxylic acids is 1. The minimum absolute atomic E-state index is 0.534. The molecule has 0 aliphatic heterocycles. The molecule has 0 amide bonds. The highest BCUT2D eigenvalue weighted by molar-refractivity contribution is 7.54. The minimum atomic E-state index is -4.94. The number of hydrogen-bond donors (Lipinski definition) is 2. The highest BCUT2D eigenvalue weighted by Crippen LogP contribution is 2.52. The van der Waals surface area contributed by atoms with Crippen LogP contribution in [-0.4, -0.2) is 41.6 Å². The van der Waals surface area contributed by atoms with E-state index in [0.29, 0.717) is 0 Å². The van der Waals surface area contributed by atoms with Gasteiger partial charge < -0.3 is 24.0 Å². The van der Waals surface area contributed by atoms with Gasteiger partial charge in [0.25, 0.3) is 0 Å². The molecule has 90 valence electrons. The summed E-state index contributed by atoms with van der Waals surface area (Å²) < 4.78 is 24.6. The fourth-order valence-corrected chi connectivity index (χ4v) is 1.66. The Hall–Kier alpha value is -0.460. The predicted molar refractivity (Wildman–Crippen MR) is 50.0 cm³/mol. The average molecular weight is 242 g/mol. The van der Waals surface area contributed by atoms with Gasteiger partial charge in [-0.15, -0.1) is 0 Å². The summed E-state index contributed by atoms with van der Waals surface area (Å²) in [5.74, 6) is -1.25. The normalized spacial score (nSPS) is 13.0. The molecule has 0 heterocycles. The van der Waals surface area contributed by atoms with E-state index in [0.717, 1.165) is 14.2 Å². The van der Waals surface area contributed by atoms with Gasteiger partial charge in [0.05, 0.1) is 6.10 Å². The molecule has 0 atom stereocenters. The molecular formula is C7H15O7P. The molecule has 0 bridgehead atoms. The monoisotopic (exact) mass is 242 g/mol. The zero-order chi connectivity index (χ0) is 12.3. The van der Waals surface area contributed by atoms with Crippen molar-refractivity contribution in [2.45, 2.75) is 25.5 Å². The van der Waals surface area contributed by atoms with Crippen molar-refractivity contribution in [1.82, 2.24) is 0 Å². The van der Waals surface area contributed by atoms with Crippen LogP contribution < -0.4 is 0 Å². The van der Waals surface area contributed by atoms with E-state index in [9.17, 15) is 9.36 Å². The van der Waals surface area contributed by atoms with Crippen LogP contribution in [-0.2, 0) is 23.6 Å². The lowest BCUT2D eigenvalue weighted by molar-refractivity contribution is -0.206. The SMILES string of the molecule is COC(OC)(C(=O)OC(C)C)P(=O)(O)O. The van der Waals surface area contributed by atoms with E-state index in [1.165, 1.54) is 13.8 Å². The van der Waals surface area contributed by atoms with E-state index in [4.69, 9.17) is 9.79 Å². The Bertz CT molecular complexity index is 265. The van der Waals surface area contributed by atoms with Crippen LogP contribution in [0.1, 0.15) is 13.8 Å². The Morgan fingerprint density at radius 1 is 1.27 bits per heavy atom. The summed E-state index contributed by atoms with van der Waals surface area (Å²) >= 11 is 0. The maximum absolute atomic E-state index is 11.4. The molecule has 7 nitrogen and oxygen atoms in total. The van der Waals surface area contributed by atoms with Gasteiger partial charge in [0.2, 0.25) is 0 Å². The summed E-state index contributed by atoms with van der Waals surface area (Å²) in [5, 5.41) is 0. The zero-order valence-corrected chi connectivity index (χ0v) is 9.85. The maximum atomic E-state index is 11.4. The van der Waals surface area contributed by atoms with E-state index >= 15 is 0 Å². The second kappa shape index (κ2) is 5.05. The molecule has 8 heteroatoms. The summed E-state index contributed by atoms with van der Waals surface area (Å²) in [6.45, 7) is 3.07. The third kappa shape index (κ3) is 2.99. The summed E-state index contributed by atoms with van der Waals surface area (Å²) in [4.78, 5) is 29.4. The molecule has 0 aromatic carbocycles. The lowest BCUT2D eigenvalue weighted by Gasteiger charge is -2.28. The Kier molecular flexibility index (Phi) is 4.89. The van der Waals surface area contributed by atoms with E-state index < -0.39 is 25.2 Å². The van der Waals surface area contributed by atoms with Crippen molar-refractivity contribution in [1.29, 1.82) is 0 Å². The van der Waals surface area contributed by atoms with Crippen molar-refractivity contribution < 1.29 is 33.4 Å². The fourth-order valence-electron chi connectivity index (χ4n) is 0.895. The van der Waals surface area contributed by atoms with Crippen LogP contribution in [0.25, 0.3) is 0 Å². The van der Waals surface area contributed by atoms with Crippen molar-refractivity contribution in [3.8, 4) is 0 Å². The Balaban J connectivity index is 5.12. The van der Waals surface area contributed by atoms with Gasteiger partial charge in [-0.1, -0.05) is 0 Å². The molecule has 0 rings (SSSR count). The molecular weight excluding hydrogens is 227 g/mol. The molecule has 0 radical (unpaired) electrons. The molecule has 0 aromatic heterocycles. The molecule has 2 N–H and O–H groups in total. The standard InChI is InChI=1S/C7H15O7P/c1-5(2)14-6(8)7(12-3,13-4)15(9,10)11/h5H,1-4H3,(H2,9,10,11). The van der Waals surface area contributed by atoms with Gasteiger partial charge in [-0.3, -0.25) is 4.57 Å². The van der Waals surface area contributed by atoms with E-state index in [1.807, 2.05) is 0 Å². The summed E-state index contributed by atoms with van der Waals surface area (Å²) in [6, 6.07) is 0. The first-order valence-electron chi connectivity index (χ1n) is 4.08. The molecule has 0 fully saturated rings. The van der Waals surface area contributed by atoms with Gasteiger partial charge >= 0.3 is 19.1 Å². The van der Waals surface area contributed by atoms with E-state index in [-0.39, 0.29) is 0 Å². The first-order valence-corrected chi connectivity index (χ1v) is 5.69. The lowest BCUT2D eigenvalue weighted by atomic mass is 10.5. The molecule has 0 saturated carbocycles. The quantitative estimate of drug-likeness (QED) is 0.399. The van der Waals surface area contributed by atoms with Crippen molar-refractivity contribution in [3.63, 3.8) is 0 Å². The zero-order valence-electron chi connectivity index (χ0n) is 8.96. The van der Waals surface area contributed by atoms with Gasteiger partial charge in [0, 0.05) is 14.2 Å². The van der Waals surface area contributed by atoms with E-state index in [1.54, 1.807) is 0 Å². The minimum Gasteiger partial charge on any atom is -0.458 e. The molecule has 0 spiro atoms. The average Bonchev–Trinajstić information content (AvgIpc) is 2.02. The Morgan fingerprint density at radius 3 is 1.87 bits per heavy atom. The van der Waals surface area contributed by atoms with Crippen LogP contribution in [0.15, 0.2) is 0 Å². The van der Waals surface area contributed by atoms with Crippen LogP contribution in [0, 0.1) is 0 Å². The predicted octanol–water partition coefficient (Wildman–Crippen LogP) is 0.0623. The molecule has 0 unspecified atom stereocenters. The largest absolute Gasteiger partial charge is 0.458 e. The molecule has 0 aromatic rings. The summed E-state index contributed by atoms with van der Waals surface area (Å²) in [5.41, 5.74) is -2.68. The van der Waals surface area contributed by atoms with Gasteiger partial charge in [-0.05, 0) is 13.8 Å². The smallest absolute Gasteiger partial charge is 0.397 e. The molecule has 15 heavy (non-hydrogen) atoms. The van der Waals surface area contributed by atoms with Gasteiger partial charge in [0.15, 0.2) is 0 Å². The van der Waals surface area contributed by atoms with Crippen LogP contribution in [0.5, 0.6) is 0 Å². The second-order valence-corrected chi connectivity index (χ2v) is 4.66. The first kappa shape index (κ1) is 14.5. The number of rotatable bonds is 5. The number of ether oxygens (including phenoxy) is 3. The summed E-state index contributed by atoms with van der Waals surface area (Å²) in [6.07, 6.45) is -0.534. The number of carbonyl (C=O) groups is 1. The third-order valence-electron chi connectivity index (χ3n) is 1.54. The topological polar surface area (TPSA) is 102 Å². The highest BCUT2D eigenvalue weighted by atomic mass is 31.2.